The molecule has 0 spiro atoms. The quantitative estimate of drug-likeness (QED) is 0.783. The molecule has 0 aromatic carbocycles. The maximum atomic E-state index is 11.9. The van der Waals surface area contributed by atoms with Crippen molar-refractivity contribution in [2.45, 2.75) is 33.1 Å². The molecule has 4 nitrogen and oxygen atoms in total. The molecule has 1 saturated heterocycles. The molecule has 1 aromatic rings. The number of hydrogen-bond acceptors (Lipinski definition) is 3. The second-order valence-corrected chi connectivity index (χ2v) is 5.87. The lowest BCUT2D eigenvalue weighted by Gasteiger charge is -2.40. The molecule has 1 aliphatic rings. The Kier molecular flexibility index (Phi) is 3.13. The Morgan fingerprint density at radius 3 is 2.71 bits per heavy atom. The predicted molar refractivity (Wildman–Crippen MR) is 65.4 cm³/mol. The van der Waals surface area contributed by atoms with E-state index in [-0.39, 0.29) is 11.3 Å². The van der Waals surface area contributed by atoms with Gasteiger partial charge in [0.05, 0.1) is 5.69 Å². The molecule has 0 unspecified atom stereocenters. The first kappa shape index (κ1) is 12.0. The van der Waals surface area contributed by atoms with Gasteiger partial charge in [-0.1, -0.05) is 20.8 Å². The van der Waals surface area contributed by atoms with Gasteiger partial charge in [-0.3, -0.25) is 4.79 Å². The van der Waals surface area contributed by atoms with E-state index in [0.717, 1.165) is 18.8 Å². The standard InChI is InChI=1S/C13H19N3O/c1-13(2,3)6-12(17)16-7-10(8-16)11-4-5-14-9-15-11/h4-5,9-10H,6-8H2,1-3H3. The molecule has 1 fully saturated rings. The van der Waals surface area contributed by atoms with Crippen LogP contribution in [0.3, 0.4) is 0 Å². The highest BCUT2D eigenvalue weighted by Gasteiger charge is 2.33. The molecule has 1 aromatic heterocycles. The number of nitrogens with zero attached hydrogens (tertiary/aromatic N) is 3. The number of likely N-dealkylation sites (tertiary alicyclic amines) is 1. The first-order valence-corrected chi connectivity index (χ1v) is 5.99. The van der Waals surface area contributed by atoms with Gasteiger partial charge < -0.3 is 4.90 Å². The number of carbonyl (C=O) groups excluding carboxylic acids is 1. The Balaban J connectivity index is 1.85. The summed E-state index contributed by atoms with van der Waals surface area (Å²) >= 11 is 0. The average molecular weight is 233 g/mol. The first-order chi connectivity index (χ1) is 7.96. The molecule has 2 rings (SSSR count). The largest absolute Gasteiger partial charge is 0.341 e. The number of carbonyl (C=O) groups is 1. The van der Waals surface area contributed by atoms with Crippen molar-refractivity contribution in [3.63, 3.8) is 0 Å². The number of amides is 1. The highest BCUT2D eigenvalue weighted by atomic mass is 16.2. The van der Waals surface area contributed by atoms with Crippen molar-refractivity contribution >= 4 is 5.91 Å². The van der Waals surface area contributed by atoms with Crippen molar-refractivity contribution in [2.75, 3.05) is 13.1 Å². The van der Waals surface area contributed by atoms with Gasteiger partial charge in [0.1, 0.15) is 6.33 Å². The molecule has 0 bridgehead atoms. The van der Waals surface area contributed by atoms with Gasteiger partial charge in [0.2, 0.25) is 5.91 Å². The second kappa shape index (κ2) is 4.43. The zero-order valence-corrected chi connectivity index (χ0v) is 10.7. The third kappa shape index (κ3) is 3.02. The lowest BCUT2D eigenvalue weighted by molar-refractivity contribution is -0.137. The Morgan fingerprint density at radius 1 is 1.47 bits per heavy atom. The van der Waals surface area contributed by atoms with Crippen LogP contribution in [0.4, 0.5) is 0 Å². The normalized spacial score (nSPS) is 16.8. The fourth-order valence-corrected chi connectivity index (χ4v) is 1.98. The topological polar surface area (TPSA) is 46.1 Å². The Morgan fingerprint density at radius 2 is 2.18 bits per heavy atom. The van der Waals surface area contributed by atoms with Gasteiger partial charge >= 0.3 is 0 Å². The summed E-state index contributed by atoms with van der Waals surface area (Å²) in [7, 11) is 0. The highest BCUT2D eigenvalue weighted by Crippen LogP contribution is 2.28. The van der Waals surface area contributed by atoms with Crippen molar-refractivity contribution < 1.29 is 4.79 Å². The smallest absolute Gasteiger partial charge is 0.223 e. The molecule has 1 amide bonds. The van der Waals surface area contributed by atoms with E-state index in [1.54, 1.807) is 12.5 Å². The summed E-state index contributed by atoms with van der Waals surface area (Å²) in [5, 5.41) is 0. The molecular formula is C13H19N3O. The number of rotatable bonds is 2. The van der Waals surface area contributed by atoms with Crippen LogP contribution in [0.5, 0.6) is 0 Å². The van der Waals surface area contributed by atoms with Crippen LogP contribution in [0.2, 0.25) is 0 Å². The van der Waals surface area contributed by atoms with Crippen LogP contribution in [0.1, 0.15) is 38.8 Å². The van der Waals surface area contributed by atoms with Gasteiger partial charge in [-0.15, -0.1) is 0 Å². The Hall–Kier alpha value is -1.45. The van der Waals surface area contributed by atoms with Gasteiger partial charge in [-0.25, -0.2) is 9.97 Å². The summed E-state index contributed by atoms with van der Waals surface area (Å²) in [6.07, 6.45) is 3.93. The number of hydrogen-bond donors (Lipinski definition) is 0. The molecule has 2 heterocycles. The molecule has 0 N–H and O–H groups in total. The van der Waals surface area contributed by atoms with Crippen LogP contribution < -0.4 is 0 Å². The third-order valence-electron chi connectivity index (χ3n) is 2.94. The Bertz CT molecular complexity index is 391. The van der Waals surface area contributed by atoms with Crippen molar-refractivity contribution in [1.29, 1.82) is 0 Å². The maximum Gasteiger partial charge on any atom is 0.223 e. The van der Waals surface area contributed by atoms with Gasteiger partial charge in [-0.2, -0.15) is 0 Å². The van der Waals surface area contributed by atoms with Gasteiger partial charge in [0.15, 0.2) is 0 Å². The molecule has 0 saturated carbocycles. The van der Waals surface area contributed by atoms with Gasteiger partial charge in [0.25, 0.3) is 0 Å². The molecule has 0 radical (unpaired) electrons. The minimum Gasteiger partial charge on any atom is -0.341 e. The highest BCUT2D eigenvalue weighted by molar-refractivity contribution is 5.77. The van der Waals surface area contributed by atoms with Crippen LogP contribution in [-0.2, 0) is 4.79 Å². The maximum absolute atomic E-state index is 11.9. The molecule has 17 heavy (non-hydrogen) atoms. The number of aromatic nitrogens is 2. The lowest BCUT2D eigenvalue weighted by Crippen LogP contribution is -2.49. The van der Waals surface area contributed by atoms with Crippen LogP contribution in [0, 0.1) is 5.41 Å². The van der Waals surface area contributed by atoms with E-state index in [2.05, 4.69) is 30.7 Å². The van der Waals surface area contributed by atoms with Crippen molar-refractivity contribution in [3.8, 4) is 0 Å². The van der Waals surface area contributed by atoms with E-state index < -0.39 is 0 Å². The van der Waals surface area contributed by atoms with Gasteiger partial charge in [-0.05, 0) is 11.5 Å². The van der Waals surface area contributed by atoms with E-state index in [9.17, 15) is 4.79 Å². The second-order valence-electron chi connectivity index (χ2n) is 5.87. The summed E-state index contributed by atoms with van der Waals surface area (Å²) < 4.78 is 0. The fourth-order valence-electron chi connectivity index (χ4n) is 1.98. The summed E-state index contributed by atoms with van der Waals surface area (Å²) in [5.41, 5.74) is 1.11. The molecular weight excluding hydrogens is 214 g/mol. The first-order valence-electron chi connectivity index (χ1n) is 5.99. The van der Waals surface area contributed by atoms with Crippen molar-refractivity contribution in [2.24, 2.45) is 5.41 Å². The van der Waals surface area contributed by atoms with Crippen molar-refractivity contribution in [1.82, 2.24) is 14.9 Å². The van der Waals surface area contributed by atoms with E-state index >= 15 is 0 Å². The Labute approximate surface area is 102 Å². The van der Waals surface area contributed by atoms with E-state index in [4.69, 9.17) is 0 Å². The SMILES string of the molecule is CC(C)(C)CC(=O)N1CC(c2ccncn2)C1. The van der Waals surface area contributed by atoms with Crippen molar-refractivity contribution in [3.05, 3.63) is 24.3 Å². The predicted octanol–water partition coefficient (Wildman–Crippen LogP) is 1.84. The third-order valence-corrected chi connectivity index (χ3v) is 2.94. The molecule has 4 heteroatoms. The zero-order valence-electron chi connectivity index (χ0n) is 10.7. The monoisotopic (exact) mass is 233 g/mol. The minimum absolute atomic E-state index is 0.0666. The fraction of sp³-hybridized carbons (Fsp3) is 0.615. The summed E-state index contributed by atoms with van der Waals surface area (Å²) in [5.74, 6) is 0.643. The van der Waals surface area contributed by atoms with E-state index in [1.807, 2.05) is 11.0 Å². The minimum atomic E-state index is 0.0666. The summed E-state index contributed by atoms with van der Waals surface area (Å²) in [6.45, 7) is 7.86. The van der Waals surface area contributed by atoms with E-state index in [0.29, 0.717) is 12.3 Å². The summed E-state index contributed by atoms with van der Waals surface area (Å²) in [4.78, 5) is 21.9. The lowest BCUT2D eigenvalue weighted by atomic mass is 9.89. The van der Waals surface area contributed by atoms with Crippen LogP contribution in [-0.4, -0.2) is 33.9 Å². The average Bonchev–Trinajstić information content (AvgIpc) is 2.14. The van der Waals surface area contributed by atoms with Crippen LogP contribution >= 0.6 is 0 Å². The van der Waals surface area contributed by atoms with Gasteiger partial charge in [0, 0.05) is 31.6 Å². The summed E-state index contributed by atoms with van der Waals surface area (Å²) in [6, 6.07) is 1.93. The van der Waals surface area contributed by atoms with E-state index in [1.165, 1.54) is 0 Å². The molecule has 92 valence electrons. The van der Waals surface area contributed by atoms with Crippen LogP contribution in [0.25, 0.3) is 0 Å². The molecule has 1 aliphatic heterocycles. The molecule has 0 aliphatic carbocycles. The van der Waals surface area contributed by atoms with Crippen LogP contribution in [0.15, 0.2) is 18.6 Å². The molecule has 0 atom stereocenters. The zero-order chi connectivity index (χ0) is 12.5.